The Hall–Kier alpha value is -0.810. The standard InChI is InChI=1S/C16H24ClN3O/c17-14-2-1-13(12-18-15-3-4-15)16(11-14)20-7-5-19(6-8-20)9-10-21/h1-2,11,15,18,21H,3-10,12H2. The first-order valence-corrected chi connectivity index (χ1v) is 8.24. The second kappa shape index (κ2) is 6.97. The minimum absolute atomic E-state index is 0.244. The predicted octanol–water partition coefficient (Wildman–Crippen LogP) is 1.71. The minimum Gasteiger partial charge on any atom is -0.395 e. The van der Waals surface area contributed by atoms with E-state index in [1.165, 1.54) is 24.1 Å². The van der Waals surface area contributed by atoms with Gasteiger partial charge in [0.25, 0.3) is 0 Å². The Morgan fingerprint density at radius 2 is 1.95 bits per heavy atom. The third-order valence-electron chi connectivity index (χ3n) is 4.34. The van der Waals surface area contributed by atoms with Crippen molar-refractivity contribution in [2.45, 2.75) is 25.4 Å². The second-order valence-electron chi connectivity index (χ2n) is 5.98. The summed E-state index contributed by atoms with van der Waals surface area (Å²) in [7, 11) is 0. The molecule has 116 valence electrons. The molecule has 1 saturated heterocycles. The van der Waals surface area contributed by atoms with Crippen LogP contribution in [0.2, 0.25) is 5.02 Å². The maximum atomic E-state index is 9.03. The van der Waals surface area contributed by atoms with Crippen LogP contribution in [-0.2, 0) is 6.54 Å². The van der Waals surface area contributed by atoms with E-state index < -0.39 is 0 Å². The molecule has 0 aromatic heterocycles. The zero-order valence-corrected chi connectivity index (χ0v) is 13.1. The predicted molar refractivity (Wildman–Crippen MR) is 87.1 cm³/mol. The molecule has 21 heavy (non-hydrogen) atoms. The number of hydrogen-bond donors (Lipinski definition) is 2. The summed E-state index contributed by atoms with van der Waals surface area (Å²) in [5.74, 6) is 0. The molecule has 3 rings (SSSR count). The quantitative estimate of drug-likeness (QED) is 0.839. The summed E-state index contributed by atoms with van der Waals surface area (Å²) in [5, 5.41) is 13.4. The number of piperazine rings is 1. The number of nitrogens with one attached hydrogen (secondary N) is 1. The van der Waals surface area contributed by atoms with E-state index in [-0.39, 0.29) is 6.61 Å². The Bertz CT molecular complexity index is 471. The average Bonchev–Trinajstić information content (AvgIpc) is 3.31. The third-order valence-corrected chi connectivity index (χ3v) is 4.57. The van der Waals surface area contributed by atoms with Crippen LogP contribution >= 0.6 is 11.6 Å². The topological polar surface area (TPSA) is 38.7 Å². The van der Waals surface area contributed by atoms with Crippen LogP contribution in [0.5, 0.6) is 0 Å². The highest BCUT2D eigenvalue weighted by atomic mass is 35.5. The molecule has 1 aliphatic heterocycles. The van der Waals surface area contributed by atoms with Crippen LogP contribution in [0, 0.1) is 0 Å². The van der Waals surface area contributed by atoms with E-state index in [2.05, 4.69) is 27.2 Å². The summed E-state index contributed by atoms with van der Waals surface area (Å²) in [5.41, 5.74) is 2.60. The summed E-state index contributed by atoms with van der Waals surface area (Å²) < 4.78 is 0. The molecule has 0 unspecified atom stereocenters. The van der Waals surface area contributed by atoms with E-state index in [1.807, 2.05) is 6.07 Å². The van der Waals surface area contributed by atoms with Gasteiger partial charge in [0.1, 0.15) is 0 Å². The van der Waals surface area contributed by atoms with Gasteiger partial charge < -0.3 is 15.3 Å². The van der Waals surface area contributed by atoms with Crippen LogP contribution in [0.15, 0.2) is 18.2 Å². The number of halogens is 1. The van der Waals surface area contributed by atoms with Crippen LogP contribution in [0.1, 0.15) is 18.4 Å². The van der Waals surface area contributed by atoms with E-state index >= 15 is 0 Å². The molecular formula is C16H24ClN3O. The number of anilines is 1. The number of aliphatic hydroxyl groups excluding tert-OH is 1. The van der Waals surface area contributed by atoms with Gasteiger partial charge in [-0.3, -0.25) is 4.90 Å². The lowest BCUT2D eigenvalue weighted by atomic mass is 10.1. The fraction of sp³-hybridized carbons (Fsp3) is 0.625. The van der Waals surface area contributed by atoms with Gasteiger partial charge in [-0.05, 0) is 30.5 Å². The van der Waals surface area contributed by atoms with Crippen molar-refractivity contribution in [3.63, 3.8) is 0 Å². The van der Waals surface area contributed by atoms with Gasteiger partial charge in [0.05, 0.1) is 6.61 Å². The van der Waals surface area contributed by atoms with Gasteiger partial charge in [-0.15, -0.1) is 0 Å². The van der Waals surface area contributed by atoms with Crippen molar-refractivity contribution in [3.8, 4) is 0 Å². The van der Waals surface area contributed by atoms with Crippen LogP contribution in [0.25, 0.3) is 0 Å². The maximum Gasteiger partial charge on any atom is 0.0558 e. The molecule has 5 heteroatoms. The van der Waals surface area contributed by atoms with Crippen LogP contribution in [0.4, 0.5) is 5.69 Å². The Kier molecular flexibility index (Phi) is 5.01. The lowest BCUT2D eigenvalue weighted by Gasteiger charge is -2.36. The number of benzene rings is 1. The highest BCUT2D eigenvalue weighted by Gasteiger charge is 2.22. The van der Waals surface area contributed by atoms with E-state index in [1.54, 1.807) is 0 Å². The first-order chi connectivity index (χ1) is 10.3. The van der Waals surface area contributed by atoms with E-state index in [4.69, 9.17) is 16.7 Å². The molecule has 4 nitrogen and oxygen atoms in total. The maximum absolute atomic E-state index is 9.03. The molecule has 0 amide bonds. The molecule has 1 saturated carbocycles. The molecule has 1 aromatic carbocycles. The average molecular weight is 310 g/mol. The molecule has 0 spiro atoms. The molecule has 0 atom stereocenters. The van der Waals surface area contributed by atoms with Crippen molar-refractivity contribution in [3.05, 3.63) is 28.8 Å². The van der Waals surface area contributed by atoms with Gasteiger partial charge in [-0.2, -0.15) is 0 Å². The summed E-state index contributed by atoms with van der Waals surface area (Å²) in [4.78, 5) is 4.73. The van der Waals surface area contributed by atoms with Crippen LogP contribution in [-0.4, -0.2) is 55.4 Å². The number of rotatable bonds is 6. The van der Waals surface area contributed by atoms with Gasteiger partial charge in [-0.25, -0.2) is 0 Å². The molecule has 2 fully saturated rings. The monoisotopic (exact) mass is 309 g/mol. The molecule has 0 radical (unpaired) electrons. The summed E-state index contributed by atoms with van der Waals surface area (Å²) in [6.07, 6.45) is 2.62. The number of nitrogens with zero attached hydrogens (tertiary/aromatic N) is 2. The largest absolute Gasteiger partial charge is 0.395 e. The van der Waals surface area contributed by atoms with Crippen LogP contribution < -0.4 is 10.2 Å². The SMILES string of the molecule is OCCN1CCN(c2cc(Cl)ccc2CNC2CC2)CC1. The highest BCUT2D eigenvalue weighted by Crippen LogP contribution is 2.27. The summed E-state index contributed by atoms with van der Waals surface area (Å²) in [6.45, 7) is 5.94. The Labute approximate surface area is 131 Å². The molecule has 0 bridgehead atoms. The molecule has 1 aliphatic carbocycles. The summed E-state index contributed by atoms with van der Waals surface area (Å²) in [6, 6.07) is 6.94. The molecule has 1 aromatic rings. The Balaban J connectivity index is 1.66. The third kappa shape index (κ3) is 4.10. The highest BCUT2D eigenvalue weighted by molar-refractivity contribution is 6.30. The summed E-state index contributed by atoms with van der Waals surface area (Å²) >= 11 is 6.20. The molecular weight excluding hydrogens is 286 g/mol. The fourth-order valence-electron chi connectivity index (χ4n) is 2.88. The number of β-amino-alcohol motifs (C(OH)–C–C–N with tert-alkyl or cyclic N) is 1. The zero-order chi connectivity index (χ0) is 14.7. The van der Waals surface area contributed by atoms with Crippen LogP contribution in [0.3, 0.4) is 0 Å². The smallest absolute Gasteiger partial charge is 0.0558 e. The lowest BCUT2D eigenvalue weighted by molar-refractivity contribution is 0.188. The normalized spacial score (nSPS) is 20.0. The number of hydrogen-bond acceptors (Lipinski definition) is 4. The van der Waals surface area contributed by atoms with Gasteiger partial charge in [0.2, 0.25) is 0 Å². The van der Waals surface area contributed by atoms with Crippen molar-refractivity contribution < 1.29 is 5.11 Å². The Morgan fingerprint density at radius 3 is 2.62 bits per heavy atom. The van der Waals surface area contributed by atoms with Gasteiger partial charge in [0.15, 0.2) is 0 Å². The first-order valence-electron chi connectivity index (χ1n) is 7.86. The van der Waals surface area contributed by atoms with Gasteiger partial charge in [-0.1, -0.05) is 17.7 Å². The van der Waals surface area contributed by atoms with Crippen molar-refractivity contribution in [2.24, 2.45) is 0 Å². The number of aliphatic hydroxyl groups is 1. The van der Waals surface area contributed by atoms with Crippen molar-refractivity contribution >= 4 is 17.3 Å². The zero-order valence-electron chi connectivity index (χ0n) is 12.4. The van der Waals surface area contributed by atoms with Gasteiger partial charge in [0, 0.05) is 56.0 Å². The Morgan fingerprint density at radius 1 is 1.19 bits per heavy atom. The van der Waals surface area contributed by atoms with Crippen molar-refractivity contribution in [2.75, 3.05) is 44.2 Å². The first kappa shape index (κ1) is 15.1. The molecule has 1 heterocycles. The molecule has 2 N–H and O–H groups in total. The minimum atomic E-state index is 0.244. The second-order valence-corrected chi connectivity index (χ2v) is 6.42. The van der Waals surface area contributed by atoms with E-state index in [0.29, 0.717) is 0 Å². The lowest BCUT2D eigenvalue weighted by Crippen LogP contribution is -2.47. The molecule has 2 aliphatic rings. The van der Waals surface area contributed by atoms with E-state index in [9.17, 15) is 0 Å². The van der Waals surface area contributed by atoms with Gasteiger partial charge >= 0.3 is 0 Å². The van der Waals surface area contributed by atoms with E-state index in [0.717, 1.165) is 50.3 Å². The van der Waals surface area contributed by atoms with Crippen molar-refractivity contribution in [1.82, 2.24) is 10.2 Å². The fourth-order valence-corrected chi connectivity index (χ4v) is 3.04. The van der Waals surface area contributed by atoms with Crippen molar-refractivity contribution in [1.29, 1.82) is 0 Å².